The van der Waals surface area contributed by atoms with Crippen molar-refractivity contribution in [2.75, 3.05) is 12.3 Å². The summed E-state index contributed by atoms with van der Waals surface area (Å²) in [5, 5.41) is 11.1. The molecule has 1 heterocycles. The predicted octanol–water partition coefficient (Wildman–Crippen LogP) is 4.02. The highest BCUT2D eigenvalue weighted by molar-refractivity contribution is 6.06. The first kappa shape index (κ1) is 25.1. The number of benzene rings is 2. The largest absolute Gasteiger partial charge is 0.398 e. The van der Waals surface area contributed by atoms with Crippen LogP contribution in [-0.4, -0.2) is 34.0 Å². The minimum absolute atomic E-state index is 0.0637. The molecule has 0 aliphatic heterocycles. The number of nitrogens with two attached hydrogens (primary N) is 1. The molecule has 0 saturated heterocycles. The van der Waals surface area contributed by atoms with Crippen LogP contribution in [0, 0.1) is 12.3 Å². The number of carbonyl (C=O) groups excluding carboxylic acids is 2. The van der Waals surface area contributed by atoms with Crippen LogP contribution in [0.3, 0.4) is 0 Å². The fourth-order valence-electron chi connectivity index (χ4n) is 3.55. The third-order valence-electron chi connectivity index (χ3n) is 5.48. The van der Waals surface area contributed by atoms with Crippen LogP contribution in [0.25, 0.3) is 0 Å². The quantitative estimate of drug-likeness (QED) is 0.237. The third-order valence-corrected chi connectivity index (χ3v) is 5.48. The zero-order valence-corrected chi connectivity index (χ0v) is 19.8. The van der Waals surface area contributed by atoms with E-state index in [4.69, 9.17) is 11.1 Å². The number of nitrogen functional groups attached to an aromatic ring is 1. The van der Waals surface area contributed by atoms with Crippen molar-refractivity contribution < 1.29 is 9.59 Å². The first-order chi connectivity index (χ1) is 16.8. The van der Waals surface area contributed by atoms with Gasteiger partial charge in [0.25, 0.3) is 5.91 Å². The minimum atomic E-state index is -0.304. The zero-order chi connectivity index (χ0) is 25.4. The van der Waals surface area contributed by atoms with E-state index in [0.717, 1.165) is 22.3 Å². The Morgan fingerprint density at radius 3 is 2.46 bits per heavy atom. The number of anilines is 1. The molecular formula is C28H29N5O2. The monoisotopic (exact) mass is 467 g/mol. The lowest BCUT2D eigenvalue weighted by Gasteiger charge is -2.16. The van der Waals surface area contributed by atoms with Gasteiger partial charge in [0, 0.05) is 29.8 Å². The van der Waals surface area contributed by atoms with E-state index in [1.165, 1.54) is 23.4 Å². The maximum atomic E-state index is 12.7. The number of rotatable bonds is 10. The van der Waals surface area contributed by atoms with Crippen LogP contribution in [0.15, 0.2) is 86.4 Å². The van der Waals surface area contributed by atoms with E-state index in [1.807, 2.05) is 43.3 Å². The van der Waals surface area contributed by atoms with E-state index in [1.54, 1.807) is 18.3 Å². The van der Waals surface area contributed by atoms with Crippen molar-refractivity contribution in [3.8, 4) is 0 Å². The Morgan fingerprint density at radius 1 is 1.06 bits per heavy atom. The van der Waals surface area contributed by atoms with Crippen molar-refractivity contribution >= 4 is 23.2 Å². The van der Waals surface area contributed by atoms with Crippen molar-refractivity contribution in [2.45, 2.75) is 19.9 Å². The molecule has 4 N–H and O–H groups in total. The summed E-state index contributed by atoms with van der Waals surface area (Å²) in [6.45, 7) is 9.58. The molecule has 7 heteroatoms. The Kier molecular flexibility index (Phi) is 8.29. The fourth-order valence-corrected chi connectivity index (χ4v) is 3.55. The maximum absolute atomic E-state index is 12.7. The van der Waals surface area contributed by atoms with Crippen LogP contribution < -0.4 is 11.1 Å². The molecule has 2 amide bonds. The highest BCUT2D eigenvalue weighted by atomic mass is 16.2. The molecule has 0 fully saturated rings. The average Bonchev–Trinajstić information content (AvgIpc) is 2.87. The molecular weight excluding hydrogens is 438 g/mol. The van der Waals surface area contributed by atoms with Crippen LogP contribution >= 0.6 is 0 Å². The van der Waals surface area contributed by atoms with Gasteiger partial charge in [-0.2, -0.15) is 0 Å². The molecule has 3 aromatic rings. The highest BCUT2D eigenvalue weighted by Crippen LogP contribution is 2.15. The van der Waals surface area contributed by atoms with Gasteiger partial charge in [-0.1, -0.05) is 49.1 Å². The number of hydrogen-bond acceptors (Lipinski definition) is 5. The van der Waals surface area contributed by atoms with Crippen molar-refractivity contribution in [3.05, 3.63) is 120 Å². The molecule has 0 saturated carbocycles. The van der Waals surface area contributed by atoms with E-state index < -0.39 is 0 Å². The van der Waals surface area contributed by atoms with Crippen LogP contribution in [0.5, 0.6) is 0 Å². The van der Waals surface area contributed by atoms with Crippen LogP contribution in [0.2, 0.25) is 0 Å². The Hall–Kier alpha value is -4.52. The van der Waals surface area contributed by atoms with Gasteiger partial charge in [0.1, 0.15) is 0 Å². The first-order valence-corrected chi connectivity index (χ1v) is 11.1. The summed E-state index contributed by atoms with van der Waals surface area (Å²) in [5.74, 6) is -0.509. The van der Waals surface area contributed by atoms with E-state index in [9.17, 15) is 9.59 Å². The number of aromatic nitrogens is 1. The summed E-state index contributed by atoms with van der Waals surface area (Å²) in [4.78, 5) is 30.2. The Bertz CT molecular complexity index is 1260. The number of amides is 2. The van der Waals surface area contributed by atoms with Crippen LogP contribution in [-0.2, 0) is 17.8 Å². The second-order valence-electron chi connectivity index (χ2n) is 8.18. The van der Waals surface area contributed by atoms with Crippen LogP contribution in [0.4, 0.5) is 5.69 Å². The molecule has 7 nitrogen and oxygen atoms in total. The van der Waals surface area contributed by atoms with Gasteiger partial charge in [0.05, 0.1) is 24.4 Å². The standard InChI is InChI=1S/C28H29N5O2/c1-4-27(34)33(5-2)18-21-9-7-20(8-10-21)13-22-14-23(16-31-15-22)28(35)32-17-26(30)24-12-19(3)6-11-25(24)29/h4-12,14-16,30H,1-2,13,17-18,29H2,3H3,(H,32,35). The Balaban J connectivity index is 1.61. The number of nitrogens with one attached hydrogen (secondary N) is 2. The van der Waals surface area contributed by atoms with E-state index in [-0.39, 0.29) is 24.1 Å². The van der Waals surface area contributed by atoms with E-state index >= 15 is 0 Å². The average molecular weight is 468 g/mol. The second kappa shape index (κ2) is 11.6. The van der Waals surface area contributed by atoms with E-state index in [2.05, 4.69) is 23.5 Å². The molecule has 1 aromatic heterocycles. The van der Waals surface area contributed by atoms with Gasteiger partial charge < -0.3 is 21.4 Å². The number of hydrogen-bond donors (Lipinski definition) is 3. The highest BCUT2D eigenvalue weighted by Gasteiger charge is 2.12. The van der Waals surface area contributed by atoms with Gasteiger partial charge in [-0.15, -0.1) is 0 Å². The lowest BCUT2D eigenvalue weighted by Crippen LogP contribution is -2.30. The molecule has 0 bridgehead atoms. The van der Waals surface area contributed by atoms with Crippen molar-refractivity contribution in [1.82, 2.24) is 15.2 Å². The van der Waals surface area contributed by atoms with Gasteiger partial charge in [0.15, 0.2) is 0 Å². The maximum Gasteiger partial charge on any atom is 0.253 e. The third kappa shape index (κ3) is 6.74. The van der Waals surface area contributed by atoms with Gasteiger partial charge in [-0.3, -0.25) is 14.6 Å². The van der Waals surface area contributed by atoms with Gasteiger partial charge in [-0.05, 0) is 54.3 Å². The molecule has 178 valence electrons. The Morgan fingerprint density at radius 2 is 1.77 bits per heavy atom. The number of nitrogens with zero attached hydrogens (tertiary/aromatic N) is 2. The van der Waals surface area contributed by atoms with Gasteiger partial charge in [0.2, 0.25) is 5.91 Å². The van der Waals surface area contributed by atoms with Gasteiger partial charge in [-0.25, -0.2) is 0 Å². The fraction of sp³-hybridized carbons (Fsp3) is 0.143. The topological polar surface area (TPSA) is 112 Å². The molecule has 3 rings (SSSR count). The number of carbonyl (C=O) groups is 2. The van der Waals surface area contributed by atoms with Crippen molar-refractivity contribution in [3.63, 3.8) is 0 Å². The summed E-state index contributed by atoms with van der Waals surface area (Å²) >= 11 is 0. The molecule has 0 aliphatic rings. The smallest absolute Gasteiger partial charge is 0.253 e. The predicted molar refractivity (Wildman–Crippen MR) is 139 cm³/mol. The SMILES string of the molecule is C=CC(=O)N(C=C)Cc1ccc(Cc2cncc(C(=O)NCC(=N)c3cc(C)ccc3N)c2)cc1. The normalized spacial score (nSPS) is 10.3. The molecule has 0 atom stereocenters. The summed E-state index contributed by atoms with van der Waals surface area (Å²) in [7, 11) is 0. The molecule has 0 spiro atoms. The zero-order valence-electron chi connectivity index (χ0n) is 19.8. The molecule has 0 aliphatic carbocycles. The van der Waals surface area contributed by atoms with Gasteiger partial charge >= 0.3 is 0 Å². The summed E-state index contributed by atoms with van der Waals surface area (Å²) in [6, 6.07) is 15.1. The number of pyridine rings is 1. The molecule has 0 radical (unpaired) electrons. The Labute approximate surface area is 205 Å². The van der Waals surface area contributed by atoms with Crippen LogP contribution in [0.1, 0.15) is 38.2 Å². The number of aryl methyl sites for hydroxylation is 1. The second-order valence-corrected chi connectivity index (χ2v) is 8.18. The molecule has 35 heavy (non-hydrogen) atoms. The van der Waals surface area contributed by atoms with E-state index in [0.29, 0.717) is 29.8 Å². The summed E-state index contributed by atoms with van der Waals surface area (Å²) < 4.78 is 0. The lowest BCUT2D eigenvalue weighted by atomic mass is 10.0. The lowest BCUT2D eigenvalue weighted by molar-refractivity contribution is -0.124. The first-order valence-electron chi connectivity index (χ1n) is 11.1. The summed E-state index contributed by atoms with van der Waals surface area (Å²) in [5.41, 5.74) is 11.7. The summed E-state index contributed by atoms with van der Waals surface area (Å²) in [6.07, 6.45) is 6.57. The molecule has 0 unspecified atom stereocenters. The van der Waals surface area contributed by atoms with Crippen molar-refractivity contribution in [1.29, 1.82) is 5.41 Å². The van der Waals surface area contributed by atoms with Crippen molar-refractivity contribution in [2.24, 2.45) is 0 Å². The molecule has 2 aromatic carbocycles. The minimum Gasteiger partial charge on any atom is -0.398 e.